The maximum absolute atomic E-state index is 11.8. The number of hydrogen-bond acceptors (Lipinski definition) is 5. The minimum Gasteiger partial charge on any atom is -0.497 e. The molecular weight excluding hydrogens is 386 g/mol. The summed E-state index contributed by atoms with van der Waals surface area (Å²) in [5.74, 6) is 0.759. The van der Waals surface area contributed by atoms with Crippen molar-refractivity contribution < 1.29 is 14.3 Å². The average Bonchev–Trinajstić information content (AvgIpc) is 3.06. The minimum atomic E-state index is -0.0768. The molecule has 2 fully saturated rings. The molecular formula is C22H25N3O3S. The number of ether oxygens (including phenoxy) is 2. The Morgan fingerprint density at radius 3 is 2.45 bits per heavy atom. The number of aryl methyl sites for hydroxylation is 2. The van der Waals surface area contributed by atoms with Gasteiger partial charge in [0.25, 0.3) is 0 Å². The van der Waals surface area contributed by atoms with E-state index in [-0.39, 0.29) is 12.5 Å². The smallest absolute Gasteiger partial charge is 0.246 e. The van der Waals surface area contributed by atoms with E-state index in [1.165, 1.54) is 5.69 Å². The molecule has 0 bridgehead atoms. The van der Waals surface area contributed by atoms with Crippen molar-refractivity contribution in [3.8, 4) is 16.9 Å². The molecule has 2 saturated heterocycles. The topological polar surface area (TPSA) is 54.0 Å². The fourth-order valence-electron chi connectivity index (χ4n) is 4.04. The number of nitrogens with one attached hydrogen (secondary N) is 1. The van der Waals surface area contributed by atoms with Gasteiger partial charge in [-0.15, -0.1) is 0 Å². The normalized spacial score (nSPS) is 16.9. The molecule has 0 spiro atoms. The van der Waals surface area contributed by atoms with E-state index in [0.717, 1.165) is 60.0 Å². The average molecular weight is 412 g/mol. The Labute approximate surface area is 176 Å². The van der Waals surface area contributed by atoms with Crippen LogP contribution in [0, 0.1) is 13.8 Å². The third-order valence-corrected chi connectivity index (χ3v) is 5.76. The van der Waals surface area contributed by atoms with Crippen LogP contribution in [0.2, 0.25) is 0 Å². The number of anilines is 2. The van der Waals surface area contributed by atoms with Crippen LogP contribution in [0.25, 0.3) is 11.1 Å². The Balaban J connectivity index is 1.87. The highest BCUT2D eigenvalue weighted by atomic mass is 32.1. The number of carbonyl (C=O) groups excluding carboxylic acids is 1. The number of nitrogens with zero attached hydrogens (tertiary/aromatic N) is 2. The number of thiocarbonyl (C=S) groups is 1. The molecule has 0 saturated carbocycles. The van der Waals surface area contributed by atoms with Gasteiger partial charge in [0.05, 0.1) is 20.3 Å². The summed E-state index contributed by atoms with van der Waals surface area (Å²) in [7, 11) is 1.68. The zero-order valence-corrected chi connectivity index (χ0v) is 17.8. The van der Waals surface area contributed by atoms with Gasteiger partial charge in [-0.25, -0.2) is 0 Å². The van der Waals surface area contributed by atoms with Crippen molar-refractivity contribution >= 4 is 34.6 Å². The van der Waals surface area contributed by atoms with Crippen LogP contribution in [-0.2, 0) is 9.53 Å². The second kappa shape index (κ2) is 8.00. The van der Waals surface area contributed by atoms with Gasteiger partial charge >= 0.3 is 0 Å². The Hall–Kier alpha value is -2.64. The molecule has 1 N–H and O–H groups in total. The number of methoxy groups -OCH3 is 1. The van der Waals surface area contributed by atoms with Gasteiger partial charge in [-0.3, -0.25) is 4.79 Å². The quantitative estimate of drug-likeness (QED) is 0.781. The minimum absolute atomic E-state index is 0.0768. The van der Waals surface area contributed by atoms with Gasteiger partial charge in [0.1, 0.15) is 12.3 Å². The number of benzene rings is 2. The highest BCUT2D eigenvalue weighted by Gasteiger charge is 2.27. The highest BCUT2D eigenvalue weighted by molar-refractivity contribution is 7.80. The van der Waals surface area contributed by atoms with Crippen molar-refractivity contribution in [3.63, 3.8) is 0 Å². The van der Waals surface area contributed by atoms with Crippen molar-refractivity contribution in [2.75, 3.05) is 49.8 Å². The molecule has 0 aliphatic carbocycles. The second-order valence-corrected chi connectivity index (χ2v) is 7.77. The van der Waals surface area contributed by atoms with E-state index in [2.05, 4.69) is 42.3 Å². The molecule has 0 unspecified atom stereocenters. The van der Waals surface area contributed by atoms with Crippen LogP contribution >= 0.6 is 12.2 Å². The van der Waals surface area contributed by atoms with E-state index in [1.54, 1.807) is 7.11 Å². The van der Waals surface area contributed by atoms with E-state index in [1.807, 2.05) is 17.0 Å². The number of morpholine rings is 1. The predicted octanol–water partition coefficient (Wildman–Crippen LogP) is 3.04. The van der Waals surface area contributed by atoms with Gasteiger partial charge in [0, 0.05) is 30.0 Å². The van der Waals surface area contributed by atoms with E-state index >= 15 is 0 Å². The molecule has 29 heavy (non-hydrogen) atoms. The number of amides is 1. The van der Waals surface area contributed by atoms with Crippen LogP contribution < -0.4 is 19.9 Å². The van der Waals surface area contributed by atoms with Crippen LogP contribution in [-0.4, -0.2) is 51.0 Å². The standard InChI is InChI=1S/C22H25N3O3S/c1-14-11-17(27-3)4-5-18(14)19-12-16(25-13-20(26)23-22(25)29)10-15(2)21(19)24-6-8-28-9-7-24/h4-5,10-12H,6-9,13H2,1-3H3,(H,23,26,29). The zero-order chi connectivity index (χ0) is 20.5. The second-order valence-electron chi connectivity index (χ2n) is 7.38. The summed E-state index contributed by atoms with van der Waals surface area (Å²) in [5, 5.41) is 3.17. The molecule has 2 aliphatic rings. The summed E-state index contributed by atoms with van der Waals surface area (Å²) >= 11 is 5.37. The summed E-state index contributed by atoms with van der Waals surface area (Å²) in [6.07, 6.45) is 0. The first kappa shape index (κ1) is 19.7. The summed E-state index contributed by atoms with van der Waals surface area (Å²) in [6, 6.07) is 10.4. The summed E-state index contributed by atoms with van der Waals surface area (Å²) < 4.78 is 11.0. The molecule has 0 atom stereocenters. The van der Waals surface area contributed by atoms with E-state index in [4.69, 9.17) is 21.7 Å². The Bertz CT molecular complexity index is 970. The van der Waals surface area contributed by atoms with Crippen LogP contribution in [0.4, 0.5) is 11.4 Å². The first-order valence-corrected chi connectivity index (χ1v) is 10.1. The molecule has 6 nitrogen and oxygen atoms in total. The van der Waals surface area contributed by atoms with Gasteiger partial charge in [-0.1, -0.05) is 6.07 Å². The molecule has 4 rings (SSSR count). The molecule has 0 radical (unpaired) electrons. The maximum atomic E-state index is 11.8. The largest absolute Gasteiger partial charge is 0.497 e. The Morgan fingerprint density at radius 2 is 1.83 bits per heavy atom. The van der Waals surface area contributed by atoms with Crippen molar-refractivity contribution in [3.05, 3.63) is 41.5 Å². The molecule has 7 heteroatoms. The maximum Gasteiger partial charge on any atom is 0.246 e. The molecule has 2 heterocycles. The SMILES string of the molecule is COc1ccc(-c2cc(N3CC(=O)NC3=S)cc(C)c2N2CCOCC2)c(C)c1. The lowest BCUT2D eigenvalue weighted by molar-refractivity contribution is -0.117. The molecule has 2 aromatic rings. The number of carbonyl (C=O) groups is 1. The molecule has 2 aromatic carbocycles. The molecule has 1 amide bonds. The highest BCUT2D eigenvalue weighted by Crippen LogP contribution is 2.40. The third kappa shape index (κ3) is 3.80. The van der Waals surface area contributed by atoms with Crippen LogP contribution in [0.5, 0.6) is 5.75 Å². The lowest BCUT2D eigenvalue weighted by atomic mass is 9.94. The van der Waals surface area contributed by atoms with Gasteiger partial charge in [0.2, 0.25) is 5.91 Å². The molecule has 0 aromatic heterocycles. The van der Waals surface area contributed by atoms with E-state index in [0.29, 0.717) is 5.11 Å². The van der Waals surface area contributed by atoms with Gasteiger partial charge in [0.15, 0.2) is 5.11 Å². The first-order chi connectivity index (χ1) is 14.0. The van der Waals surface area contributed by atoms with Crippen LogP contribution in [0.3, 0.4) is 0 Å². The van der Waals surface area contributed by atoms with Crippen molar-refractivity contribution in [2.24, 2.45) is 0 Å². The van der Waals surface area contributed by atoms with Crippen molar-refractivity contribution in [2.45, 2.75) is 13.8 Å². The summed E-state index contributed by atoms with van der Waals surface area (Å²) in [5.41, 5.74) is 6.68. The van der Waals surface area contributed by atoms with E-state index < -0.39 is 0 Å². The third-order valence-electron chi connectivity index (χ3n) is 5.44. The predicted molar refractivity (Wildman–Crippen MR) is 119 cm³/mol. The summed E-state index contributed by atoms with van der Waals surface area (Å²) in [6.45, 7) is 7.60. The Morgan fingerprint density at radius 1 is 1.07 bits per heavy atom. The van der Waals surface area contributed by atoms with Crippen molar-refractivity contribution in [1.29, 1.82) is 0 Å². The number of rotatable bonds is 4. The lowest BCUT2D eigenvalue weighted by Gasteiger charge is -2.33. The van der Waals surface area contributed by atoms with Gasteiger partial charge in [-0.05, 0) is 67.0 Å². The van der Waals surface area contributed by atoms with Crippen LogP contribution in [0.1, 0.15) is 11.1 Å². The van der Waals surface area contributed by atoms with Crippen molar-refractivity contribution in [1.82, 2.24) is 5.32 Å². The molecule has 2 aliphatic heterocycles. The van der Waals surface area contributed by atoms with Gasteiger partial charge < -0.3 is 24.6 Å². The van der Waals surface area contributed by atoms with Gasteiger partial charge in [-0.2, -0.15) is 0 Å². The number of hydrogen-bond donors (Lipinski definition) is 1. The first-order valence-electron chi connectivity index (χ1n) is 9.71. The lowest BCUT2D eigenvalue weighted by Crippen LogP contribution is -2.37. The summed E-state index contributed by atoms with van der Waals surface area (Å²) in [4.78, 5) is 16.1. The Kier molecular flexibility index (Phi) is 5.43. The monoisotopic (exact) mass is 411 g/mol. The van der Waals surface area contributed by atoms with Crippen LogP contribution in [0.15, 0.2) is 30.3 Å². The van der Waals surface area contributed by atoms with E-state index in [9.17, 15) is 4.79 Å². The fourth-order valence-corrected chi connectivity index (χ4v) is 4.33. The zero-order valence-electron chi connectivity index (χ0n) is 16.9. The molecule has 152 valence electrons. The fraction of sp³-hybridized carbons (Fsp3) is 0.364.